The van der Waals surface area contributed by atoms with E-state index in [0.717, 1.165) is 0 Å². The molecule has 0 radical (unpaired) electrons. The molecule has 2 rings (SSSR count). The highest BCUT2D eigenvalue weighted by Crippen LogP contribution is 2.21. The molecular formula is C21H33N3O5S. The third-order valence-corrected chi connectivity index (χ3v) is 6.35. The number of piperidine rings is 1. The first-order chi connectivity index (χ1) is 14.0. The van der Waals surface area contributed by atoms with Gasteiger partial charge in [-0.3, -0.25) is 9.59 Å². The van der Waals surface area contributed by atoms with Crippen molar-refractivity contribution in [3.8, 4) is 5.75 Å². The normalized spacial score (nSPS) is 15.7. The monoisotopic (exact) mass is 439 g/mol. The van der Waals surface area contributed by atoms with Crippen molar-refractivity contribution >= 4 is 21.8 Å². The van der Waals surface area contributed by atoms with Gasteiger partial charge in [-0.05, 0) is 44.0 Å². The lowest BCUT2D eigenvalue weighted by Crippen LogP contribution is -2.49. The van der Waals surface area contributed by atoms with Gasteiger partial charge in [0.25, 0.3) is 0 Å². The molecule has 2 amide bonds. The largest absolute Gasteiger partial charge is 0.494 e. The SMILES string of the molecule is CCOc1ccc(S(=O)(=O)NCCC(=O)NC2CCN(C(=O)C(C)(C)C)CC2)cc1. The van der Waals surface area contributed by atoms with Crippen molar-refractivity contribution in [1.82, 2.24) is 14.9 Å². The molecule has 2 N–H and O–H groups in total. The molecule has 0 spiro atoms. The van der Waals surface area contributed by atoms with Crippen LogP contribution >= 0.6 is 0 Å². The molecule has 0 aromatic heterocycles. The minimum atomic E-state index is -3.68. The summed E-state index contributed by atoms with van der Waals surface area (Å²) in [6, 6.07) is 6.15. The molecule has 1 aliphatic rings. The smallest absolute Gasteiger partial charge is 0.240 e. The van der Waals surface area contributed by atoms with Crippen LogP contribution in [-0.2, 0) is 19.6 Å². The van der Waals surface area contributed by atoms with Crippen molar-refractivity contribution in [3.05, 3.63) is 24.3 Å². The lowest BCUT2D eigenvalue weighted by molar-refractivity contribution is -0.140. The van der Waals surface area contributed by atoms with E-state index >= 15 is 0 Å². The van der Waals surface area contributed by atoms with Gasteiger partial charge in [0.05, 0.1) is 11.5 Å². The zero-order chi connectivity index (χ0) is 22.4. The zero-order valence-electron chi connectivity index (χ0n) is 18.2. The first-order valence-corrected chi connectivity index (χ1v) is 11.8. The van der Waals surface area contributed by atoms with Gasteiger partial charge < -0.3 is 15.0 Å². The Labute approximate surface area is 179 Å². The molecule has 0 atom stereocenters. The fourth-order valence-corrected chi connectivity index (χ4v) is 4.30. The number of likely N-dealkylation sites (tertiary alicyclic amines) is 1. The quantitative estimate of drug-likeness (QED) is 0.644. The van der Waals surface area contributed by atoms with E-state index in [9.17, 15) is 18.0 Å². The van der Waals surface area contributed by atoms with Crippen molar-refractivity contribution in [2.45, 2.75) is 57.9 Å². The number of hydrogen-bond acceptors (Lipinski definition) is 5. The highest BCUT2D eigenvalue weighted by molar-refractivity contribution is 7.89. The predicted octanol–water partition coefficient (Wildman–Crippen LogP) is 1.91. The third kappa shape index (κ3) is 6.98. The molecule has 9 heteroatoms. The molecule has 168 valence electrons. The lowest BCUT2D eigenvalue weighted by atomic mass is 9.93. The second-order valence-electron chi connectivity index (χ2n) is 8.44. The molecule has 0 unspecified atom stereocenters. The molecule has 1 saturated heterocycles. The fraction of sp³-hybridized carbons (Fsp3) is 0.619. The van der Waals surface area contributed by atoms with Crippen LogP contribution in [0.3, 0.4) is 0 Å². The van der Waals surface area contributed by atoms with Crippen LogP contribution in [-0.4, -0.2) is 57.4 Å². The Morgan fingerprint density at radius 3 is 2.27 bits per heavy atom. The van der Waals surface area contributed by atoms with Crippen molar-refractivity contribution in [1.29, 1.82) is 0 Å². The van der Waals surface area contributed by atoms with E-state index in [1.54, 1.807) is 12.1 Å². The van der Waals surface area contributed by atoms with Gasteiger partial charge in [-0.25, -0.2) is 13.1 Å². The van der Waals surface area contributed by atoms with Gasteiger partial charge in [0.2, 0.25) is 21.8 Å². The predicted molar refractivity (Wildman–Crippen MR) is 115 cm³/mol. The molecule has 0 bridgehead atoms. The van der Waals surface area contributed by atoms with Gasteiger partial charge in [0.1, 0.15) is 5.75 Å². The molecule has 0 saturated carbocycles. The van der Waals surface area contributed by atoms with Gasteiger partial charge in [-0.1, -0.05) is 20.8 Å². The van der Waals surface area contributed by atoms with Crippen LogP contribution in [0.25, 0.3) is 0 Å². The average Bonchev–Trinajstić information content (AvgIpc) is 2.68. The average molecular weight is 440 g/mol. The molecule has 30 heavy (non-hydrogen) atoms. The molecule has 1 aliphatic heterocycles. The van der Waals surface area contributed by atoms with Gasteiger partial charge in [0.15, 0.2) is 0 Å². The van der Waals surface area contributed by atoms with Crippen LogP contribution < -0.4 is 14.8 Å². The Balaban J connectivity index is 1.74. The maximum atomic E-state index is 12.3. The first-order valence-electron chi connectivity index (χ1n) is 10.3. The second kappa shape index (κ2) is 10.3. The molecule has 1 heterocycles. The summed E-state index contributed by atoms with van der Waals surface area (Å²) in [4.78, 5) is 26.5. The standard InChI is InChI=1S/C21H33N3O5S/c1-5-29-17-6-8-18(9-7-17)30(27,28)22-13-10-19(25)23-16-11-14-24(15-12-16)20(26)21(2,3)4/h6-9,16,22H,5,10-15H2,1-4H3,(H,23,25). The summed E-state index contributed by atoms with van der Waals surface area (Å²) in [6.07, 6.45) is 1.45. The Hall–Kier alpha value is -2.13. The van der Waals surface area contributed by atoms with Crippen molar-refractivity contribution < 1.29 is 22.7 Å². The van der Waals surface area contributed by atoms with E-state index in [1.165, 1.54) is 12.1 Å². The van der Waals surface area contributed by atoms with Gasteiger partial charge >= 0.3 is 0 Å². The molecule has 1 fully saturated rings. The number of rotatable bonds is 8. The van der Waals surface area contributed by atoms with Crippen LogP contribution in [0.1, 0.15) is 47.0 Å². The highest BCUT2D eigenvalue weighted by atomic mass is 32.2. The van der Waals surface area contributed by atoms with Crippen molar-refractivity contribution in [3.63, 3.8) is 0 Å². The van der Waals surface area contributed by atoms with Crippen LogP contribution in [0, 0.1) is 5.41 Å². The van der Waals surface area contributed by atoms with Gasteiger partial charge in [0, 0.05) is 37.5 Å². The Bertz CT molecular complexity index is 823. The van der Waals surface area contributed by atoms with Crippen LogP contribution in [0.5, 0.6) is 5.75 Å². The Morgan fingerprint density at radius 1 is 1.13 bits per heavy atom. The summed E-state index contributed by atoms with van der Waals surface area (Å²) in [6.45, 7) is 9.31. The van der Waals surface area contributed by atoms with E-state index in [-0.39, 0.29) is 35.7 Å². The molecule has 0 aliphatic carbocycles. The lowest BCUT2D eigenvalue weighted by Gasteiger charge is -2.36. The minimum Gasteiger partial charge on any atom is -0.494 e. The molecular weight excluding hydrogens is 406 g/mol. The number of nitrogens with one attached hydrogen (secondary N) is 2. The highest BCUT2D eigenvalue weighted by Gasteiger charge is 2.30. The van der Waals surface area contributed by atoms with E-state index in [2.05, 4.69) is 10.0 Å². The van der Waals surface area contributed by atoms with Gasteiger partial charge in [-0.15, -0.1) is 0 Å². The van der Waals surface area contributed by atoms with Crippen molar-refractivity contribution in [2.75, 3.05) is 26.2 Å². The number of carbonyl (C=O) groups excluding carboxylic acids is 2. The maximum absolute atomic E-state index is 12.3. The van der Waals surface area contributed by atoms with Crippen LogP contribution in [0.15, 0.2) is 29.2 Å². The Morgan fingerprint density at radius 2 is 1.73 bits per heavy atom. The Kier molecular flexibility index (Phi) is 8.25. The maximum Gasteiger partial charge on any atom is 0.240 e. The van der Waals surface area contributed by atoms with E-state index in [4.69, 9.17) is 4.74 Å². The van der Waals surface area contributed by atoms with E-state index in [1.807, 2.05) is 32.6 Å². The zero-order valence-corrected chi connectivity index (χ0v) is 19.0. The first kappa shape index (κ1) is 24.1. The van der Waals surface area contributed by atoms with E-state index < -0.39 is 15.4 Å². The van der Waals surface area contributed by atoms with Crippen molar-refractivity contribution in [2.24, 2.45) is 5.41 Å². The van der Waals surface area contributed by atoms with Gasteiger partial charge in [-0.2, -0.15) is 0 Å². The van der Waals surface area contributed by atoms with Crippen LogP contribution in [0.4, 0.5) is 0 Å². The number of ether oxygens (including phenoxy) is 1. The number of benzene rings is 1. The summed E-state index contributed by atoms with van der Waals surface area (Å²) < 4.78 is 32.4. The van der Waals surface area contributed by atoms with E-state index in [0.29, 0.717) is 38.3 Å². The number of nitrogens with zero attached hydrogens (tertiary/aromatic N) is 1. The minimum absolute atomic E-state index is 0.00392. The summed E-state index contributed by atoms with van der Waals surface area (Å²) >= 11 is 0. The number of carbonyl (C=O) groups is 2. The summed E-state index contributed by atoms with van der Waals surface area (Å²) in [7, 11) is -3.68. The van der Waals surface area contributed by atoms with Crippen LogP contribution in [0.2, 0.25) is 0 Å². The summed E-state index contributed by atoms with van der Waals surface area (Å²) in [5.74, 6) is 0.520. The summed E-state index contributed by atoms with van der Waals surface area (Å²) in [5.41, 5.74) is -0.406. The topological polar surface area (TPSA) is 105 Å². The number of amides is 2. The molecule has 1 aromatic rings. The number of sulfonamides is 1. The molecule has 1 aromatic carbocycles. The fourth-order valence-electron chi connectivity index (χ4n) is 3.27. The number of hydrogen-bond donors (Lipinski definition) is 2. The second-order valence-corrected chi connectivity index (χ2v) is 10.2. The molecule has 8 nitrogen and oxygen atoms in total. The third-order valence-electron chi connectivity index (χ3n) is 4.88. The summed E-state index contributed by atoms with van der Waals surface area (Å²) in [5, 5.41) is 2.94.